The largest absolute Gasteiger partial charge is 0.380 e. The second-order valence-corrected chi connectivity index (χ2v) is 11.4. The number of aliphatic hydroxyl groups is 2. The molecule has 2 atom stereocenters. The van der Waals surface area contributed by atoms with Crippen LogP contribution >= 0.6 is 0 Å². The first kappa shape index (κ1) is 25.3. The molecule has 35 heavy (non-hydrogen) atoms. The predicted octanol–water partition coefficient (Wildman–Crippen LogP) is -0.808. The normalized spacial score (nSPS) is 21.7. The Hall–Kier alpha value is -2.79. The topological polar surface area (TPSA) is 128 Å². The number of nitrogens with zero attached hydrogens (tertiary/aromatic N) is 1. The molecule has 0 unspecified atom stereocenters. The van der Waals surface area contributed by atoms with Crippen LogP contribution in [-0.4, -0.2) is 67.2 Å². The van der Waals surface area contributed by atoms with E-state index in [1.807, 2.05) is 42.5 Å². The van der Waals surface area contributed by atoms with Gasteiger partial charge in [0, 0.05) is 32.5 Å². The number of nitrogens with one attached hydrogen (secondary N) is 2. The summed E-state index contributed by atoms with van der Waals surface area (Å²) in [5.41, 5.74) is 2.71. The average molecular weight is 503 g/mol. The molecule has 2 heterocycles. The van der Waals surface area contributed by atoms with E-state index in [0.717, 1.165) is 16.7 Å². The zero-order valence-electron chi connectivity index (χ0n) is 19.5. The highest BCUT2D eigenvalue weighted by Gasteiger charge is 2.36. The minimum Gasteiger partial charge on any atom is -0.380 e. The molecule has 4 rings (SSSR count). The Labute approximate surface area is 205 Å². The average Bonchev–Trinajstić information content (AvgIpc) is 3.31. The second-order valence-electron chi connectivity index (χ2n) is 9.32. The first-order valence-electron chi connectivity index (χ1n) is 11.9. The van der Waals surface area contributed by atoms with E-state index in [4.69, 9.17) is 0 Å². The van der Waals surface area contributed by atoms with Crippen LogP contribution in [0.25, 0.3) is 0 Å². The lowest BCUT2D eigenvalue weighted by molar-refractivity contribution is -0.775. The van der Waals surface area contributed by atoms with Gasteiger partial charge in [-0.05, 0) is 22.6 Å². The number of carbonyl (C=O) groups excluding carboxylic acids is 2. The fourth-order valence-corrected chi connectivity index (χ4v) is 6.41. The number of benzene rings is 2. The molecule has 2 aliphatic rings. The maximum absolute atomic E-state index is 12.7. The van der Waals surface area contributed by atoms with Crippen LogP contribution in [-0.2, 0) is 38.5 Å². The second kappa shape index (κ2) is 10.9. The van der Waals surface area contributed by atoms with Gasteiger partial charge in [-0.2, -0.15) is 8.42 Å². The van der Waals surface area contributed by atoms with Crippen LogP contribution in [0.1, 0.15) is 29.5 Å². The van der Waals surface area contributed by atoms with Crippen molar-refractivity contribution in [2.24, 2.45) is 5.92 Å². The molecule has 1 saturated heterocycles. The third kappa shape index (κ3) is 6.07. The quantitative estimate of drug-likeness (QED) is 0.374. The Morgan fingerprint density at radius 1 is 0.943 bits per heavy atom. The molecule has 2 amide bonds. The van der Waals surface area contributed by atoms with E-state index in [1.165, 1.54) is 4.90 Å². The summed E-state index contributed by atoms with van der Waals surface area (Å²) in [7, 11) is -3.34. The van der Waals surface area contributed by atoms with Crippen molar-refractivity contribution in [3.8, 4) is 0 Å². The van der Waals surface area contributed by atoms with Crippen molar-refractivity contribution in [3.63, 3.8) is 0 Å². The van der Waals surface area contributed by atoms with Crippen molar-refractivity contribution >= 4 is 21.8 Å². The number of sulfonamides is 1. The lowest BCUT2D eigenvalue weighted by Gasteiger charge is -2.29. The van der Waals surface area contributed by atoms with E-state index in [1.54, 1.807) is 12.1 Å². The smallest absolute Gasteiger partial charge is 0.299 e. The zero-order valence-corrected chi connectivity index (χ0v) is 20.3. The number of hydrogen-bond acceptors (Lipinski definition) is 6. The van der Waals surface area contributed by atoms with Crippen LogP contribution in [0.3, 0.4) is 0 Å². The Balaban J connectivity index is 1.21. The van der Waals surface area contributed by atoms with E-state index in [9.17, 15) is 28.2 Å². The highest BCUT2D eigenvalue weighted by molar-refractivity contribution is 7.84. The molecular formula is C25H32N3O6S+. The van der Waals surface area contributed by atoms with Crippen LogP contribution in [0, 0.1) is 5.92 Å². The lowest BCUT2D eigenvalue weighted by Crippen LogP contribution is -3.15. The zero-order chi connectivity index (χ0) is 25.0. The molecular weight excluding hydrogens is 470 g/mol. The van der Waals surface area contributed by atoms with Gasteiger partial charge in [-0.15, -0.1) is 0 Å². The minimum atomic E-state index is -3.34. The Morgan fingerprint density at radius 2 is 1.51 bits per heavy atom. The van der Waals surface area contributed by atoms with Crippen LogP contribution in [0.4, 0.5) is 0 Å². The standard InChI is InChI=1S/C25H31N3O6S/c29-22(23(30)25(32)27-15-20-8-4-5-9-21(20)16-27)24(31)26-14-18-10-12-28(13-11-18)35(33,34)17-19-6-2-1-3-7-19/h1-9,18,22-23,29-30H,10-17H2,(H,26,31)/p+1/t22-,23-/m1/s1. The summed E-state index contributed by atoms with van der Waals surface area (Å²) in [6.45, 7) is 1.78. The van der Waals surface area contributed by atoms with Gasteiger partial charge in [-0.25, -0.2) is 4.31 Å². The van der Waals surface area contributed by atoms with Crippen molar-refractivity contribution in [2.45, 2.75) is 43.9 Å². The van der Waals surface area contributed by atoms with Gasteiger partial charge in [0.15, 0.2) is 12.2 Å². The minimum absolute atomic E-state index is 0.00914. The first-order valence-corrected chi connectivity index (χ1v) is 13.5. The Kier molecular flexibility index (Phi) is 7.85. The SMILES string of the molecule is O=C(NCC1CC[NH+](S(=O)(=O)Cc2ccccc2)CC1)[C@H](O)[C@@H](O)C(=O)N1Cc2ccccc2C1. The van der Waals surface area contributed by atoms with Gasteiger partial charge in [-0.3, -0.25) is 9.59 Å². The van der Waals surface area contributed by atoms with E-state index in [-0.39, 0.29) is 18.2 Å². The van der Waals surface area contributed by atoms with Crippen molar-refractivity contribution in [3.05, 3.63) is 71.3 Å². The molecule has 0 aliphatic carbocycles. The number of carbonyl (C=O) groups is 2. The summed E-state index contributed by atoms with van der Waals surface area (Å²) in [5.74, 6) is -1.45. The molecule has 0 bridgehead atoms. The summed E-state index contributed by atoms with van der Waals surface area (Å²) in [4.78, 5) is 26.4. The van der Waals surface area contributed by atoms with Gasteiger partial charge in [0.2, 0.25) is 0 Å². The monoisotopic (exact) mass is 502 g/mol. The lowest BCUT2D eigenvalue weighted by atomic mass is 9.98. The van der Waals surface area contributed by atoms with E-state index in [0.29, 0.717) is 43.3 Å². The fraction of sp³-hybridized carbons (Fsp3) is 0.440. The molecule has 4 N–H and O–H groups in total. The summed E-state index contributed by atoms with van der Waals surface area (Å²) in [6.07, 6.45) is -2.51. The molecule has 9 nitrogen and oxygen atoms in total. The Morgan fingerprint density at radius 3 is 2.11 bits per heavy atom. The maximum atomic E-state index is 12.7. The van der Waals surface area contributed by atoms with E-state index in [2.05, 4.69) is 5.32 Å². The van der Waals surface area contributed by atoms with Crippen molar-refractivity contribution in [2.75, 3.05) is 19.6 Å². The molecule has 2 aromatic carbocycles. The number of amides is 2. The van der Waals surface area contributed by atoms with Crippen LogP contribution in [0.2, 0.25) is 0 Å². The van der Waals surface area contributed by atoms with Gasteiger partial charge in [0.1, 0.15) is 5.75 Å². The number of hydrogen-bond donors (Lipinski definition) is 4. The van der Waals surface area contributed by atoms with E-state index < -0.39 is 34.0 Å². The highest BCUT2D eigenvalue weighted by atomic mass is 32.2. The highest BCUT2D eigenvalue weighted by Crippen LogP contribution is 2.23. The molecule has 10 heteroatoms. The van der Waals surface area contributed by atoms with Crippen molar-refractivity contribution < 1.29 is 32.5 Å². The third-order valence-corrected chi connectivity index (χ3v) is 8.84. The van der Waals surface area contributed by atoms with Crippen molar-refractivity contribution in [1.29, 1.82) is 0 Å². The van der Waals surface area contributed by atoms with Crippen molar-refractivity contribution in [1.82, 2.24) is 10.2 Å². The van der Waals surface area contributed by atoms with Gasteiger partial charge < -0.3 is 20.4 Å². The number of aliphatic hydroxyl groups excluding tert-OH is 2. The fourth-order valence-electron chi connectivity index (χ4n) is 4.71. The number of fused-ring (bicyclic) bond motifs is 1. The molecule has 2 aromatic rings. The molecule has 0 radical (unpaired) electrons. The number of quaternary nitrogens is 1. The van der Waals surface area contributed by atoms with Crippen LogP contribution in [0.5, 0.6) is 0 Å². The third-order valence-electron chi connectivity index (χ3n) is 6.84. The van der Waals surface area contributed by atoms with Gasteiger partial charge >= 0.3 is 0 Å². The maximum Gasteiger partial charge on any atom is 0.299 e. The number of rotatable bonds is 8. The molecule has 2 aliphatic heterocycles. The summed E-state index contributed by atoms with van der Waals surface area (Å²) in [5, 5.41) is 23.2. The summed E-state index contributed by atoms with van der Waals surface area (Å²) < 4.78 is 26.0. The van der Waals surface area contributed by atoms with Gasteiger partial charge in [0.25, 0.3) is 21.8 Å². The molecule has 0 saturated carbocycles. The Bertz CT molecular complexity index is 1120. The molecule has 0 spiro atoms. The molecule has 0 aromatic heterocycles. The summed E-state index contributed by atoms with van der Waals surface area (Å²) in [6, 6.07) is 16.6. The molecule has 188 valence electrons. The predicted molar refractivity (Wildman–Crippen MR) is 128 cm³/mol. The van der Waals surface area contributed by atoms with Gasteiger partial charge in [0.05, 0.1) is 13.1 Å². The first-order chi connectivity index (χ1) is 16.7. The van der Waals surface area contributed by atoms with Crippen LogP contribution < -0.4 is 9.62 Å². The van der Waals surface area contributed by atoms with Crippen LogP contribution in [0.15, 0.2) is 54.6 Å². The molecule has 1 fully saturated rings. The van der Waals surface area contributed by atoms with E-state index >= 15 is 0 Å². The number of piperidine rings is 1. The van der Waals surface area contributed by atoms with Gasteiger partial charge in [-0.1, -0.05) is 54.6 Å². The summed E-state index contributed by atoms with van der Waals surface area (Å²) >= 11 is 0.